The van der Waals surface area contributed by atoms with Gasteiger partial charge in [-0.05, 0) is 49.6 Å². The molecule has 1 aromatic rings. The number of hydrogen-bond acceptors (Lipinski definition) is 3. The third-order valence-corrected chi connectivity index (χ3v) is 4.97. The molecule has 2 heterocycles. The molecule has 6 heteroatoms. The third kappa shape index (κ3) is 4.46. The van der Waals surface area contributed by atoms with Gasteiger partial charge in [-0.3, -0.25) is 4.79 Å². The number of piperidine rings is 1. The SMILES string of the molecule is Cc1ccsc1CNC(=O)N1CCCCC1CCC(=O)O. The third-order valence-electron chi connectivity index (χ3n) is 3.95. The lowest BCUT2D eigenvalue weighted by Crippen LogP contribution is -2.48. The van der Waals surface area contributed by atoms with Gasteiger partial charge >= 0.3 is 12.0 Å². The molecule has 0 aromatic carbocycles. The number of likely N-dealkylation sites (tertiary alicyclic amines) is 1. The first-order chi connectivity index (χ1) is 10.1. The van der Waals surface area contributed by atoms with Crippen LogP contribution in [-0.4, -0.2) is 34.6 Å². The average molecular weight is 310 g/mol. The quantitative estimate of drug-likeness (QED) is 0.878. The number of hydrogen-bond donors (Lipinski definition) is 2. The van der Waals surface area contributed by atoms with Gasteiger partial charge in [-0.1, -0.05) is 0 Å². The summed E-state index contributed by atoms with van der Waals surface area (Å²) in [7, 11) is 0. The van der Waals surface area contributed by atoms with Crippen LogP contribution in [0.15, 0.2) is 11.4 Å². The summed E-state index contributed by atoms with van der Waals surface area (Å²) in [4.78, 5) is 26.0. The zero-order chi connectivity index (χ0) is 15.2. The first kappa shape index (κ1) is 15.8. The van der Waals surface area contributed by atoms with Crippen LogP contribution in [0.2, 0.25) is 0 Å². The second-order valence-electron chi connectivity index (χ2n) is 5.46. The van der Waals surface area contributed by atoms with Gasteiger partial charge in [0.25, 0.3) is 0 Å². The van der Waals surface area contributed by atoms with E-state index in [1.165, 1.54) is 10.4 Å². The number of nitrogens with zero attached hydrogens (tertiary/aromatic N) is 1. The van der Waals surface area contributed by atoms with Crippen molar-refractivity contribution < 1.29 is 14.7 Å². The predicted molar refractivity (Wildman–Crippen MR) is 82.5 cm³/mol. The molecular weight excluding hydrogens is 288 g/mol. The number of thiophene rings is 1. The Hall–Kier alpha value is -1.56. The number of carboxylic acid groups (broad SMARTS) is 1. The summed E-state index contributed by atoms with van der Waals surface area (Å²) in [5.74, 6) is -0.796. The van der Waals surface area contributed by atoms with Crippen LogP contribution in [-0.2, 0) is 11.3 Å². The highest BCUT2D eigenvalue weighted by Crippen LogP contribution is 2.21. The number of carboxylic acids is 1. The molecule has 5 nitrogen and oxygen atoms in total. The molecule has 116 valence electrons. The number of nitrogens with one attached hydrogen (secondary N) is 1. The lowest BCUT2D eigenvalue weighted by Gasteiger charge is -2.35. The zero-order valence-corrected chi connectivity index (χ0v) is 13.1. The van der Waals surface area contributed by atoms with Gasteiger partial charge in [0, 0.05) is 23.9 Å². The number of aliphatic carboxylic acids is 1. The van der Waals surface area contributed by atoms with Crippen molar-refractivity contribution in [3.05, 3.63) is 21.9 Å². The van der Waals surface area contributed by atoms with Crippen molar-refractivity contribution >= 4 is 23.3 Å². The Kier molecular flexibility index (Phi) is 5.61. The second-order valence-corrected chi connectivity index (χ2v) is 6.46. The van der Waals surface area contributed by atoms with Crippen LogP contribution in [0.25, 0.3) is 0 Å². The Balaban J connectivity index is 1.88. The van der Waals surface area contributed by atoms with E-state index in [1.807, 2.05) is 23.3 Å². The average Bonchev–Trinajstić information content (AvgIpc) is 2.88. The van der Waals surface area contributed by atoms with E-state index >= 15 is 0 Å². The van der Waals surface area contributed by atoms with Crippen molar-refractivity contribution in [2.24, 2.45) is 0 Å². The van der Waals surface area contributed by atoms with E-state index < -0.39 is 5.97 Å². The first-order valence-electron chi connectivity index (χ1n) is 7.37. The molecule has 21 heavy (non-hydrogen) atoms. The van der Waals surface area contributed by atoms with Gasteiger partial charge in [0.2, 0.25) is 0 Å². The number of carbonyl (C=O) groups excluding carboxylic acids is 1. The number of amides is 2. The molecule has 0 spiro atoms. The minimum Gasteiger partial charge on any atom is -0.481 e. The van der Waals surface area contributed by atoms with Crippen molar-refractivity contribution in [2.45, 2.75) is 51.6 Å². The number of rotatable bonds is 5. The fraction of sp³-hybridized carbons (Fsp3) is 0.600. The zero-order valence-electron chi connectivity index (χ0n) is 12.3. The van der Waals surface area contributed by atoms with Crippen LogP contribution in [0.3, 0.4) is 0 Å². The lowest BCUT2D eigenvalue weighted by molar-refractivity contribution is -0.137. The van der Waals surface area contributed by atoms with E-state index in [4.69, 9.17) is 5.11 Å². The van der Waals surface area contributed by atoms with Crippen LogP contribution in [0.1, 0.15) is 42.5 Å². The summed E-state index contributed by atoms with van der Waals surface area (Å²) in [5, 5.41) is 13.8. The highest BCUT2D eigenvalue weighted by atomic mass is 32.1. The maximum atomic E-state index is 12.3. The van der Waals surface area contributed by atoms with E-state index in [1.54, 1.807) is 11.3 Å². The standard InChI is InChI=1S/C15H22N2O3S/c1-11-7-9-21-13(11)10-16-15(20)17-8-3-2-4-12(17)5-6-14(18)19/h7,9,12H,2-6,8,10H2,1H3,(H,16,20)(H,18,19). The fourth-order valence-corrected chi connectivity index (χ4v) is 3.55. The van der Waals surface area contributed by atoms with E-state index in [-0.39, 0.29) is 18.5 Å². The molecule has 2 N–H and O–H groups in total. The Morgan fingerprint density at radius 3 is 2.95 bits per heavy atom. The van der Waals surface area contributed by atoms with Gasteiger partial charge < -0.3 is 15.3 Å². The summed E-state index contributed by atoms with van der Waals surface area (Å²) < 4.78 is 0. The van der Waals surface area contributed by atoms with Crippen molar-refractivity contribution in [3.8, 4) is 0 Å². The van der Waals surface area contributed by atoms with Gasteiger partial charge in [0.15, 0.2) is 0 Å². The predicted octanol–water partition coefficient (Wildman–Crippen LogP) is 2.99. The molecule has 1 saturated heterocycles. The molecule has 1 aliphatic heterocycles. The van der Waals surface area contributed by atoms with Crippen molar-refractivity contribution in [1.29, 1.82) is 0 Å². The number of carbonyl (C=O) groups is 2. The molecule has 1 aromatic heterocycles. The highest BCUT2D eigenvalue weighted by Gasteiger charge is 2.26. The maximum Gasteiger partial charge on any atom is 0.317 e. The van der Waals surface area contributed by atoms with Crippen LogP contribution >= 0.6 is 11.3 Å². The van der Waals surface area contributed by atoms with Gasteiger partial charge in [0.1, 0.15) is 0 Å². The maximum absolute atomic E-state index is 12.3. The summed E-state index contributed by atoms with van der Waals surface area (Å²) in [6.45, 7) is 3.30. The Morgan fingerprint density at radius 1 is 1.48 bits per heavy atom. The molecule has 1 fully saturated rings. The summed E-state index contributed by atoms with van der Waals surface area (Å²) >= 11 is 1.64. The minimum atomic E-state index is -0.796. The van der Waals surface area contributed by atoms with E-state index in [9.17, 15) is 9.59 Å². The van der Waals surface area contributed by atoms with Crippen molar-refractivity contribution in [2.75, 3.05) is 6.54 Å². The molecule has 2 rings (SSSR count). The number of urea groups is 1. The van der Waals surface area contributed by atoms with Crippen molar-refractivity contribution in [1.82, 2.24) is 10.2 Å². The minimum absolute atomic E-state index is 0.0549. The molecule has 1 atom stereocenters. The molecule has 0 radical (unpaired) electrons. The van der Waals surface area contributed by atoms with E-state index in [0.29, 0.717) is 13.0 Å². The number of aryl methyl sites for hydroxylation is 1. The Morgan fingerprint density at radius 2 is 2.29 bits per heavy atom. The van der Waals surface area contributed by atoms with Crippen LogP contribution in [0.5, 0.6) is 0 Å². The molecule has 0 aliphatic carbocycles. The van der Waals surface area contributed by atoms with Crippen LogP contribution in [0, 0.1) is 6.92 Å². The fourth-order valence-electron chi connectivity index (χ4n) is 2.70. The largest absolute Gasteiger partial charge is 0.481 e. The van der Waals surface area contributed by atoms with Crippen LogP contribution in [0.4, 0.5) is 4.79 Å². The van der Waals surface area contributed by atoms with Gasteiger partial charge in [-0.2, -0.15) is 0 Å². The second kappa shape index (κ2) is 7.45. The normalized spacial score (nSPS) is 18.5. The van der Waals surface area contributed by atoms with Gasteiger partial charge in [0.05, 0.1) is 6.54 Å². The van der Waals surface area contributed by atoms with Crippen LogP contribution < -0.4 is 5.32 Å². The lowest BCUT2D eigenvalue weighted by atomic mass is 9.98. The topological polar surface area (TPSA) is 69.6 Å². The smallest absolute Gasteiger partial charge is 0.317 e. The first-order valence-corrected chi connectivity index (χ1v) is 8.25. The molecule has 0 saturated carbocycles. The summed E-state index contributed by atoms with van der Waals surface area (Å²) in [5.41, 5.74) is 1.20. The van der Waals surface area contributed by atoms with Crippen molar-refractivity contribution in [3.63, 3.8) is 0 Å². The highest BCUT2D eigenvalue weighted by molar-refractivity contribution is 7.10. The molecule has 2 amide bonds. The monoisotopic (exact) mass is 310 g/mol. The summed E-state index contributed by atoms with van der Waals surface area (Å²) in [6, 6.07) is 2.03. The van der Waals surface area contributed by atoms with E-state index in [0.717, 1.165) is 25.8 Å². The van der Waals surface area contributed by atoms with E-state index in [2.05, 4.69) is 5.32 Å². The van der Waals surface area contributed by atoms with Gasteiger partial charge in [-0.25, -0.2) is 4.79 Å². The summed E-state index contributed by atoms with van der Waals surface area (Å²) in [6.07, 6.45) is 3.63. The molecule has 1 unspecified atom stereocenters. The molecule has 1 aliphatic rings. The van der Waals surface area contributed by atoms with Gasteiger partial charge in [-0.15, -0.1) is 11.3 Å². The Bertz CT molecular complexity index is 501. The Labute approximate surface area is 129 Å². The molecular formula is C15H22N2O3S. The molecule has 0 bridgehead atoms.